The molecule has 0 aromatic heterocycles. The van der Waals surface area contributed by atoms with Gasteiger partial charge >= 0.3 is 0 Å². The van der Waals surface area contributed by atoms with E-state index in [0.717, 1.165) is 19.3 Å². The number of rotatable bonds is 6. The summed E-state index contributed by atoms with van der Waals surface area (Å²) in [5, 5.41) is 5.10. The first-order valence-electron chi connectivity index (χ1n) is 11.9. The molecular weight excluding hydrogens is 388 g/mol. The third-order valence-corrected chi connectivity index (χ3v) is 6.88. The van der Waals surface area contributed by atoms with Gasteiger partial charge in [0, 0.05) is 31.4 Å². The smallest absolute Gasteiger partial charge is 0.250 e. The molecule has 6 heteroatoms. The van der Waals surface area contributed by atoms with Crippen molar-refractivity contribution in [1.29, 1.82) is 0 Å². The summed E-state index contributed by atoms with van der Waals surface area (Å²) in [5.41, 5.74) is 5.98. The van der Waals surface area contributed by atoms with E-state index in [9.17, 15) is 9.59 Å². The van der Waals surface area contributed by atoms with Crippen LogP contribution in [0, 0.1) is 0 Å². The standard InChI is InChI=1S/C25H36N4O2/c1-18(2)19-9-11-20(12-10-19)22-17-23-25(31)28(15-16-29(23)27-22)14-13-24(30)26-21-7-5-3-4-6-8-21/h9-12,15-16,18,21-23,27H,3-8,13-14,17H2,1-2H3,(H,26,30). The van der Waals surface area contributed by atoms with Gasteiger partial charge in [0.15, 0.2) is 0 Å². The predicted molar refractivity (Wildman–Crippen MR) is 122 cm³/mol. The van der Waals surface area contributed by atoms with Gasteiger partial charge in [0.25, 0.3) is 5.91 Å². The summed E-state index contributed by atoms with van der Waals surface area (Å²) < 4.78 is 0. The molecule has 1 saturated carbocycles. The second-order valence-corrected chi connectivity index (χ2v) is 9.50. The van der Waals surface area contributed by atoms with Crippen molar-refractivity contribution in [3.05, 3.63) is 47.8 Å². The van der Waals surface area contributed by atoms with E-state index in [-0.39, 0.29) is 23.9 Å². The lowest BCUT2D eigenvalue weighted by atomic mass is 9.97. The van der Waals surface area contributed by atoms with E-state index in [0.29, 0.717) is 24.9 Å². The minimum Gasteiger partial charge on any atom is -0.353 e. The Morgan fingerprint density at radius 2 is 1.81 bits per heavy atom. The summed E-state index contributed by atoms with van der Waals surface area (Å²) in [4.78, 5) is 27.2. The molecule has 2 aliphatic heterocycles. The van der Waals surface area contributed by atoms with Gasteiger partial charge in [-0.1, -0.05) is 63.8 Å². The molecule has 1 aromatic carbocycles. The van der Waals surface area contributed by atoms with Crippen molar-refractivity contribution in [3.8, 4) is 0 Å². The van der Waals surface area contributed by atoms with Gasteiger partial charge in [-0.05, 0) is 36.3 Å². The van der Waals surface area contributed by atoms with Gasteiger partial charge < -0.3 is 15.2 Å². The van der Waals surface area contributed by atoms with Crippen molar-refractivity contribution in [1.82, 2.24) is 20.7 Å². The summed E-state index contributed by atoms with van der Waals surface area (Å²) in [6.45, 7) is 4.82. The van der Waals surface area contributed by atoms with Crippen molar-refractivity contribution in [2.75, 3.05) is 6.54 Å². The molecular formula is C25H36N4O2. The van der Waals surface area contributed by atoms with Crippen LogP contribution in [0.5, 0.6) is 0 Å². The van der Waals surface area contributed by atoms with Gasteiger partial charge in [-0.25, -0.2) is 5.43 Å². The number of nitrogens with zero attached hydrogens (tertiary/aromatic N) is 2. The van der Waals surface area contributed by atoms with Crippen molar-refractivity contribution in [2.45, 2.75) is 89.3 Å². The first kappa shape index (κ1) is 21.9. The van der Waals surface area contributed by atoms with Crippen LogP contribution in [0.1, 0.15) is 88.3 Å². The zero-order valence-corrected chi connectivity index (χ0v) is 18.8. The average Bonchev–Trinajstić information content (AvgIpc) is 3.05. The zero-order chi connectivity index (χ0) is 21.8. The summed E-state index contributed by atoms with van der Waals surface area (Å²) in [6.07, 6.45) is 11.9. The molecule has 2 heterocycles. The third-order valence-electron chi connectivity index (χ3n) is 6.88. The van der Waals surface area contributed by atoms with E-state index in [1.165, 1.54) is 36.8 Å². The van der Waals surface area contributed by atoms with Crippen LogP contribution in [0.2, 0.25) is 0 Å². The number of benzene rings is 1. The Morgan fingerprint density at radius 3 is 2.48 bits per heavy atom. The Morgan fingerprint density at radius 1 is 1.10 bits per heavy atom. The molecule has 1 aliphatic carbocycles. The molecule has 1 saturated heterocycles. The molecule has 2 amide bonds. The van der Waals surface area contributed by atoms with Gasteiger partial charge in [0.2, 0.25) is 5.91 Å². The highest BCUT2D eigenvalue weighted by Crippen LogP contribution is 2.31. The maximum Gasteiger partial charge on any atom is 0.250 e. The molecule has 1 aromatic rings. The molecule has 0 spiro atoms. The Kier molecular flexibility index (Phi) is 6.96. The normalized spacial score (nSPS) is 24.4. The van der Waals surface area contributed by atoms with Crippen LogP contribution in [0.4, 0.5) is 0 Å². The zero-order valence-electron chi connectivity index (χ0n) is 18.8. The molecule has 2 unspecified atom stereocenters. The maximum atomic E-state index is 13.0. The van der Waals surface area contributed by atoms with E-state index >= 15 is 0 Å². The van der Waals surface area contributed by atoms with Crippen LogP contribution in [0.15, 0.2) is 36.7 Å². The minimum absolute atomic E-state index is 0.0585. The Hall–Kier alpha value is -2.34. The number of amides is 2. The lowest BCUT2D eigenvalue weighted by Gasteiger charge is -2.31. The topological polar surface area (TPSA) is 64.7 Å². The van der Waals surface area contributed by atoms with E-state index in [1.807, 2.05) is 11.2 Å². The van der Waals surface area contributed by atoms with Crippen molar-refractivity contribution in [2.24, 2.45) is 0 Å². The Balaban J connectivity index is 1.29. The average molecular weight is 425 g/mol. The first-order valence-corrected chi connectivity index (χ1v) is 11.9. The number of hydrogen-bond donors (Lipinski definition) is 2. The number of hydrogen-bond acceptors (Lipinski definition) is 4. The number of carbonyl (C=O) groups excluding carboxylic acids is 2. The van der Waals surface area contributed by atoms with Crippen LogP contribution in [0.25, 0.3) is 0 Å². The van der Waals surface area contributed by atoms with Crippen LogP contribution >= 0.6 is 0 Å². The second-order valence-electron chi connectivity index (χ2n) is 9.50. The fourth-order valence-corrected chi connectivity index (χ4v) is 4.90. The lowest BCUT2D eigenvalue weighted by molar-refractivity contribution is -0.134. The molecule has 31 heavy (non-hydrogen) atoms. The van der Waals surface area contributed by atoms with Crippen molar-refractivity contribution in [3.63, 3.8) is 0 Å². The number of hydrazine groups is 1. The van der Waals surface area contributed by atoms with Crippen LogP contribution < -0.4 is 10.7 Å². The molecule has 2 N–H and O–H groups in total. The molecule has 0 bridgehead atoms. The highest BCUT2D eigenvalue weighted by molar-refractivity contribution is 5.85. The SMILES string of the molecule is CC(C)c1ccc(C2CC3C(=O)N(CCC(=O)NC4CCCCCC4)C=CN3N2)cc1. The van der Waals surface area contributed by atoms with Gasteiger partial charge in [0.1, 0.15) is 6.04 Å². The minimum atomic E-state index is -0.218. The van der Waals surface area contributed by atoms with E-state index in [2.05, 4.69) is 48.9 Å². The van der Waals surface area contributed by atoms with E-state index < -0.39 is 0 Å². The van der Waals surface area contributed by atoms with Crippen LogP contribution in [-0.2, 0) is 9.59 Å². The molecule has 2 fully saturated rings. The molecule has 2 atom stereocenters. The summed E-state index contributed by atoms with van der Waals surface area (Å²) >= 11 is 0. The monoisotopic (exact) mass is 424 g/mol. The van der Waals surface area contributed by atoms with Crippen LogP contribution in [-0.4, -0.2) is 40.4 Å². The molecule has 4 rings (SSSR count). The highest BCUT2D eigenvalue weighted by Gasteiger charge is 2.39. The highest BCUT2D eigenvalue weighted by atomic mass is 16.2. The van der Waals surface area contributed by atoms with Gasteiger partial charge in [0.05, 0.1) is 6.04 Å². The Bertz CT molecular complexity index is 796. The fraction of sp³-hybridized carbons (Fsp3) is 0.600. The second kappa shape index (κ2) is 9.86. The van der Waals surface area contributed by atoms with Crippen molar-refractivity contribution >= 4 is 11.8 Å². The third kappa shape index (κ3) is 5.29. The first-order chi connectivity index (χ1) is 15.0. The summed E-state index contributed by atoms with van der Waals surface area (Å²) in [7, 11) is 0. The van der Waals surface area contributed by atoms with E-state index in [1.54, 1.807) is 11.1 Å². The van der Waals surface area contributed by atoms with Gasteiger partial charge in [-0.2, -0.15) is 0 Å². The van der Waals surface area contributed by atoms with Crippen LogP contribution in [0.3, 0.4) is 0 Å². The number of fused-ring (bicyclic) bond motifs is 1. The molecule has 168 valence electrons. The molecule has 3 aliphatic rings. The van der Waals surface area contributed by atoms with Gasteiger partial charge in [-0.3, -0.25) is 9.59 Å². The summed E-state index contributed by atoms with van der Waals surface area (Å²) in [5.74, 6) is 0.636. The largest absolute Gasteiger partial charge is 0.353 e. The van der Waals surface area contributed by atoms with Gasteiger partial charge in [-0.15, -0.1) is 0 Å². The number of carbonyl (C=O) groups is 2. The fourth-order valence-electron chi connectivity index (χ4n) is 4.90. The molecule has 6 nitrogen and oxygen atoms in total. The molecule has 0 radical (unpaired) electrons. The Labute approximate surface area is 186 Å². The number of nitrogens with one attached hydrogen (secondary N) is 2. The summed E-state index contributed by atoms with van der Waals surface area (Å²) in [6, 6.07) is 8.89. The van der Waals surface area contributed by atoms with E-state index in [4.69, 9.17) is 0 Å². The predicted octanol–water partition coefficient (Wildman–Crippen LogP) is 3.97. The maximum absolute atomic E-state index is 13.0. The van der Waals surface area contributed by atoms with Crippen molar-refractivity contribution < 1.29 is 9.59 Å². The lowest BCUT2D eigenvalue weighted by Crippen LogP contribution is -2.48. The quantitative estimate of drug-likeness (QED) is 0.678.